The van der Waals surface area contributed by atoms with Gasteiger partial charge in [-0.15, -0.1) is 0 Å². The molecule has 0 saturated carbocycles. The molecule has 0 radical (unpaired) electrons. The summed E-state index contributed by atoms with van der Waals surface area (Å²) >= 11 is 0. The van der Waals surface area contributed by atoms with Crippen molar-refractivity contribution in [1.82, 2.24) is 0 Å². The van der Waals surface area contributed by atoms with E-state index in [1.54, 1.807) is 18.7 Å². The van der Waals surface area contributed by atoms with Gasteiger partial charge in [-0.3, -0.25) is 9.59 Å². The summed E-state index contributed by atoms with van der Waals surface area (Å²) in [6, 6.07) is 9.38. The smallest absolute Gasteiger partial charge is 0.309 e. The van der Waals surface area contributed by atoms with E-state index in [0.29, 0.717) is 13.0 Å². The van der Waals surface area contributed by atoms with E-state index in [0.717, 1.165) is 5.69 Å². The Morgan fingerprint density at radius 1 is 1.33 bits per heavy atom. The van der Waals surface area contributed by atoms with Crippen molar-refractivity contribution in [1.29, 1.82) is 0 Å². The summed E-state index contributed by atoms with van der Waals surface area (Å²) in [6.45, 7) is 3.84. The van der Waals surface area contributed by atoms with E-state index in [1.807, 2.05) is 30.3 Å². The van der Waals surface area contributed by atoms with E-state index in [-0.39, 0.29) is 11.8 Å². The number of carboxylic acid groups (broad SMARTS) is 1. The molecule has 2 rings (SSSR count). The lowest BCUT2D eigenvalue weighted by atomic mass is 9.78. The highest BCUT2D eigenvalue weighted by atomic mass is 16.4. The number of para-hydroxylation sites is 1. The number of amides is 1. The minimum Gasteiger partial charge on any atom is -0.481 e. The van der Waals surface area contributed by atoms with Crippen LogP contribution in [0, 0.1) is 11.3 Å². The molecule has 1 aliphatic rings. The Kier molecular flexibility index (Phi) is 3.11. The minimum atomic E-state index is -0.876. The first-order valence-corrected chi connectivity index (χ1v) is 6.01. The fraction of sp³-hybridized carbons (Fsp3) is 0.429. The summed E-state index contributed by atoms with van der Waals surface area (Å²) in [7, 11) is 0. The molecule has 1 heterocycles. The van der Waals surface area contributed by atoms with Crippen molar-refractivity contribution in [2.24, 2.45) is 11.3 Å². The van der Waals surface area contributed by atoms with E-state index >= 15 is 0 Å². The van der Waals surface area contributed by atoms with Crippen LogP contribution in [0.5, 0.6) is 0 Å². The monoisotopic (exact) mass is 247 g/mol. The van der Waals surface area contributed by atoms with Gasteiger partial charge in [0.15, 0.2) is 0 Å². The molecule has 0 aliphatic carbocycles. The largest absolute Gasteiger partial charge is 0.481 e. The van der Waals surface area contributed by atoms with Gasteiger partial charge in [-0.1, -0.05) is 18.2 Å². The Balaban J connectivity index is 2.20. The molecule has 4 nitrogen and oxygen atoms in total. The molecule has 1 saturated heterocycles. The Morgan fingerprint density at radius 2 is 1.94 bits per heavy atom. The number of anilines is 1. The second-order valence-corrected chi connectivity index (χ2v) is 5.27. The number of hydrogen-bond donors (Lipinski definition) is 1. The SMILES string of the molecule is CC(C)(C(=O)O)[C@H]1CC(=O)N(c2ccccc2)C1. The molecule has 1 fully saturated rings. The molecule has 1 N–H and O–H groups in total. The maximum atomic E-state index is 12.0. The number of benzene rings is 1. The van der Waals surface area contributed by atoms with Crippen LogP contribution in [0.15, 0.2) is 30.3 Å². The Morgan fingerprint density at radius 3 is 2.50 bits per heavy atom. The first-order valence-electron chi connectivity index (χ1n) is 6.01. The van der Waals surface area contributed by atoms with Gasteiger partial charge in [0.2, 0.25) is 5.91 Å². The maximum Gasteiger partial charge on any atom is 0.309 e. The van der Waals surface area contributed by atoms with Gasteiger partial charge in [0.1, 0.15) is 0 Å². The average molecular weight is 247 g/mol. The zero-order chi connectivity index (χ0) is 13.3. The number of hydrogen-bond acceptors (Lipinski definition) is 2. The quantitative estimate of drug-likeness (QED) is 0.890. The Bertz CT molecular complexity index is 467. The van der Waals surface area contributed by atoms with Crippen LogP contribution in [0.4, 0.5) is 5.69 Å². The highest BCUT2D eigenvalue weighted by molar-refractivity contribution is 5.96. The topological polar surface area (TPSA) is 57.6 Å². The molecule has 4 heteroatoms. The van der Waals surface area contributed by atoms with Crippen molar-refractivity contribution in [3.8, 4) is 0 Å². The molecule has 96 valence electrons. The van der Waals surface area contributed by atoms with E-state index in [1.165, 1.54) is 0 Å². The molecule has 0 aromatic heterocycles. The van der Waals surface area contributed by atoms with Gasteiger partial charge in [0, 0.05) is 24.6 Å². The van der Waals surface area contributed by atoms with E-state index in [9.17, 15) is 14.7 Å². The molecule has 1 aliphatic heterocycles. The predicted octanol–water partition coefficient (Wildman–Crippen LogP) is 2.15. The Hall–Kier alpha value is -1.84. The minimum absolute atomic E-state index is 0.000486. The zero-order valence-electron chi connectivity index (χ0n) is 10.6. The van der Waals surface area contributed by atoms with Gasteiger partial charge >= 0.3 is 5.97 Å². The number of carbonyl (C=O) groups is 2. The van der Waals surface area contributed by atoms with Crippen LogP contribution >= 0.6 is 0 Å². The van der Waals surface area contributed by atoms with Crippen LogP contribution in [-0.4, -0.2) is 23.5 Å². The van der Waals surface area contributed by atoms with Gasteiger partial charge < -0.3 is 10.0 Å². The van der Waals surface area contributed by atoms with E-state index < -0.39 is 11.4 Å². The molecule has 0 bridgehead atoms. The van der Waals surface area contributed by atoms with Crippen molar-refractivity contribution >= 4 is 17.6 Å². The summed E-state index contributed by atoms with van der Waals surface area (Å²) in [5, 5.41) is 9.21. The Labute approximate surface area is 106 Å². The third-order valence-corrected chi connectivity index (χ3v) is 3.76. The summed E-state index contributed by atoms with van der Waals surface area (Å²) in [5.41, 5.74) is -0.0367. The van der Waals surface area contributed by atoms with Crippen molar-refractivity contribution in [3.05, 3.63) is 30.3 Å². The van der Waals surface area contributed by atoms with Gasteiger partial charge in [-0.2, -0.15) is 0 Å². The van der Waals surface area contributed by atoms with Crippen LogP contribution < -0.4 is 4.90 Å². The van der Waals surface area contributed by atoms with Crippen molar-refractivity contribution in [3.63, 3.8) is 0 Å². The summed E-state index contributed by atoms with van der Waals surface area (Å²) in [6.07, 6.45) is 0.300. The van der Waals surface area contributed by atoms with Crippen LogP contribution in [0.3, 0.4) is 0 Å². The fourth-order valence-electron chi connectivity index (χ4n) is 2.22. The summed E-state index contributed by atoms with van der Waals surface area (Å²) < 4.78 is 0. The fourth-order valence-corrected chi connectivity index (χ4v) is 2.22. The number of aliphatic carboxylic acids is 1. The third kappa shape index (κ3) is 2.10. The van der Waals surface area contributed by atoms with E-state index in [4.69, 9.17) is 0 Å². The number of nitrogens with zero attached hydrogens (tertiary/aromatic N) is 1. The third-order valence-electron chi connectivity index (χ3n) is 3.76. The summed E-state index contributed by atoms with van der Waals surface area (Å²) in [4.78, 5) is 24.9. The van der Waals surface area contributed by atoms with Crippen molar-refractivity contribution in [2.75, 3.05) is 11.4 Å². The second kappa shape index (κ2) is 4.44. The van der Waals surface area contributed by atoms with E-state index in [2.05, 4.69) is 0 Å². The van der Waals surface area contributed by atoms with Crippen molar-refractivity contribution < 1.29 is 14.7 Å². The highest BCUT2D eigenvalue weighted by Gasteiger charge is 2.44. The summed E-state index contributed by atoms with van der Waals surface area (Å²) in [5.74, 6) is -1.00. The van der Waals surface area contributed by atoms with Gasteiger partial charge in [-0.05, 0) is 26.0 Å². The molecule has 1 aromatic rings. The molecule has 0 unspecified atom stereocenters. The molecular weight excluding hydrogens is 230 g/mol. The maximum absolute atomic E-state index is 12.0. The number of carbonyl (C=O) groups excluding carboxylic acids is 1. The molecule has 18 heavy (non-hydrogen) atoms. The normalized spacial score (nSPS) is 20.2. The average Bonchev–Trinajstić information content (AvgIpc) is 2.73. The van der Waals surface area contributed by atoms with Crippen LogP contribution in [-0.2, 0) is 9.59 Å². The molecule has 1 atom stereocenters. The lowest BCUT2D eigenvalue weighted by molar-refractivity contribution is -0.149. The second-order valence-electron chi connectivity index (χ2n) is 5.27. The zero-order valence-corrected chi connectivity index (χ0v) is 10.6. The number of rotatable bonds is 3. The van der Waals surface area contributed by atoms with Gasteiger partial charge in [0.05, 0.1) is 5.41 Å². The van der Waals surface area contributed by atoms with Crippen LogP contribution in [0.25, 0.3) is 0 Å². The molecular formula is C14H17NO3. The highest BCUT2D eigenvalue weighted by Crippen LogP contribution is 2.36. The molecule has 1 aromatic carbocycles. The van der Waals surface area contributed by atoms with Crippen LogP contribution in [0.1, 0.15) is 20.3 Å². The lowest BCUT2D eigenvalue weighted by Gasteiger charge is -2.26. The molecule has 0 spiro atoms. The van der Waals surface area contributed by atoms with Crippen molar-refractivity contribution in [2.45, 2.75) is 20.3 Å². The van der Waals surface area contributed by atoms with Crippen LogP contribution in [0.2, 0.25) is 0 Å². The van der Waals surface area contributed by atoms with Gasteiger partial charge in [0.25, 0.3) is 0 Å². The molecule has 1 amide bonds. The first kappa shape index (κ1) is 12.6. The predicted molar refractivity (Wildman–Crippen MR) is 68.3 cm³/mol. The first-order chi connectivity index (χ1) is 8.43. The lowest BCUT2D eigenvalue weighted by Crippen LogP contribution is -2.35. The number of carboxylic acids is 1. The van der Waals surface area contributed by atoms with Gasteiger partial charge in [-0.25, -0.2) is 0 Å². The standard InChI is InChI=1S/C14H17NO3/c1-14(2,13(17)18)10-8-12(16)15(9-10)11-6-4-3-5-7-11/h3-7,10H,8-9H2,1-2H3,(H,17,18)/t10-/m0/s1.